The minimum absolute atomic E-state index is 0.00351. The topological polar surface area (TPSA) is 213 Å². The lowest BCUT2D eigenvalue weighted by atomic mass is 9.85. The summed E-state index contributed by atoms with van der Waals surface area (Å²) in [6.45, 7) is 9.93. The number of benzene rings is 3. The number of para-hydroxylation sites is 1. The van der Waals surface area contributed by atoms with E-state index in [2.05, 4.69) is 20.9 Å². The largest absolute Gasteiger partial charge is 0.391 e. The number of amides is 6. The molecule has 4 aromatic rings. The highest BCUT2D eigenvalue weighted by molar-refractivity contribution is 7.13. The predicted molar refractivity (Wildman–Crippen MR) is 265 cm³/mol. The Kier molecular flexibility index (Phi) is 16.7. The molecule has 6 amide bonds. The number of β-amino-alcohol motifs (C(OH)–C–C–N with tert-alkyl or cyclic N) is 1. The fraction of sp³-hybridized carbons (Fsp3) is 0.491. The van der Waals surface area contributed by atoms with Crippen molar-refractivity contribution in [3.8, 4) is 10.4 Å². The zero-order valence-electron chi connectivity index (χ0n) is 40.4. The SMILES string of the molecule is Cc1ncsc1-c1ccc(CNC(=O)[C@@H]2C[C@@H](O)CN2C(=O)[C@@H](NC(=O)CCCCc2cccc(CO[C@H](C)[C@H](CCC(N)=O)NC(=O)[C@@H]3Cc4cccc5c4N3C(=O)CCC5)c2)C(C)(C)C)cc1. The highest BCUT2D eigenvalue weighted by atomic mass is 32.1. The van der Waals surface area contributed by atoms with Crippen molar-refractivity contribution in [1.82, 2.24) is 25.8 Å². The third-order valence-corrected chi connectivity index (χ3v) is 14.5. The predicted octanol–water partition coefficient (Wildman–Crippen LogP) is 5.59. The molecule has 0 bridgehead atoms. The van der Waals surface area contributed by atoms with E-state index in [0.717, 1.165) is 62.5 Å². The van der Waals surface area contributed by atoms with Crippen LogP contribution in [0.15, 0.2) is 72.2 Å². The Bertz CT molecular complexity index is 2500. The number of aliphatic hydroxyl groups is 1. The number of carbonyl (C=O) groups is 6. The molecule has 15 nitrogen and oxygen atoms in total. The number of aliphatic hydroxyl groups excluding tert-OH is 1. The molecule has 1 aromatic heterocycles. The standard InChI is InChI=1S/C53H67N7O8S/c1-32-48(69-31-56-32)38-21-19-35(20-22-38)28-55-50(65)42-27-40(61)29-59(42)52(67)49(53(3,4)5)58-45(63)17-7-6-11-34-12-8-13-36(25-34)30-68-33(2)41(23-24-44(54)62)57-51(66)43-26-39-16-9-14-37-15-10-18-46(64)60(43)47(37)39/h8-9,12-14,16,19-22,25,31,33,40-43,49,61H,6-7,10-11,15,17-18,23-24,26-30H2,1-5H3,(H2,54,62)(H,55,65)(H,57,66)(H,58,63)/t33-,40-,41+,42+,43+,49-/m1/s1. The molecule has 4 heterocycles. The van der Waals surface area contributed by atoms with Gasteiger partial charge in [0.05, 0.1) is 46.6 Å². The number of ether oxygens (including phenoxy) is 1. The van der Waals surface area contributed by atoms with Crippen LogP contribution in [0, 0.1) is 12.3 Å². The molecular formula is C53H67N7O8S. The maximum atomic E-state index is 14.1. The molecule has 6 atom stereocenters. The van der Waals surface area contributed by atoms with Crippen LogP contribution in [0.25, 0.3) is 10.4 Å². The summed E-state index contributed by atoms with van der Waals surface area (Å²) in [5, 5.41) is 19.7. The Morgan fingerprint density at radius 2 is 1.65 bits per heavy atom. The van der Waals surface area contributed by atoms with Crippen molar-refractivity contribution in [2.24, 2.45) is 11.1 Å². The summed E-state index contributed by atoms with van der Waals surface area (Å²) in [5.41, 5.74) is 14.5. The number of hydrogen-bond donors (Lipinski definition) is 5. The van der Waals surface area contributed by atoms with Crippen LogP contribution in [0.4, 0.5) is 5.69 Å². The number of nitrogens with zero attached hydrogens (tertiary/aromatic N) is 3. The second kappa shape index (κ2) is 22.6. The minimum Gasteiger partial charge on any atom is -0.391 e. The molecule has 6 N–H and O–H groups in total. The molecule has 0 saturated carbocycles. The minimum atomic E-state index is -0.914. The van der Waals surface area contributed by atoms with Gasteiger partial charge >= 0.3 is 0 Å². The number of unbranched alkanes of at least 4 members (excludes halogenated alkanes) is 1. The van der Waals surface area contributed by atoms with E-state index in [1.54, 1.807) is 16.2 Å². The number of thiazole rings is 1. The molecule has 0 radical (unpaired) electrons. The quantitative estimate of drug-likeness (QED) is 0.0698. The molecule has 3 aliphatic heterocycles. The van der Waals surface area contributed by atoms with Gasteiger partial charge in [-0.2, -0.15) is 0 Å². The van der Waals surface area contributed by atoms with Crippen LogP contribution in [0.5, 0.6) is 0 Å². The monoisotopic (exact) mass is 961 g/mol. The van der Waals surface area contributed by atoms with Gasteiger partial charge in [-0.1, -0.05) is 87.5 Å². The van der Waals surface area contributed by atoms with Crippen molar-refractivity contribution in [1.29, 1.82) is 0 Å². The molecule has 0 unspecified atom stereocenters. The average Bonchev–Trinajstić information content (AvgIpc) is 4.02. The third kappa shape index (κ3) is 12.8. The van der Waals surface area contributed by atoms with E-state index < -0.39 is 53.6 Å². The van der Waals surface area contributed by atoms with Gasteiger partial charge in [0.25, 0.3) is 0 Å². The van der Waals surface area contributed by atoms with Crippen molar-refractivity contribution >= 4 is 52.5 Å². The Morgan fingerprint density at radius 1 is 0.913 bits per heavy atom. The van der Waals surface area contributed by atoms with Crippen LogP contribution < -0.4 is 26.6 Å². The van der Waals surface area contributed by atoms with Crippen LogP contribution in [-0.2, 0) is 65.9 Å². The van der Waals surface area contributed by atoms with E-state index in [9.17, 15) is 33.9 Å². The molecule has 0 aliphatic carbocycles. The Labute approximate surface area is 409 Å². The first-order valence-corrected chi connectivity index (χ1v) is 25.1. The lowest BCUT2D eigenvalue weighted by molar-refractivity contribution is -0.144. The summed E-state index contributed by atoms with van der Waals surface area (Å²) in [5.74, 6) is -1.86. The molecule has 3 aliphatic rings. The van der Waals surface area contributed by atoms with Crippen molar-refractivity contribution in [2.75, 3.05) is 11.4 Å². The van der Waals surface area contributed by atoms with Gasteiger partial charge in [0.15, 0.2) is 0 Å². The van der Waals surface area contributed by atoms with Gasteiger partial charge in [0.2, 0.25) is 35.4 Å². The Morgan fingerprint density at radius 3 is 2.38 bits per heavy atom. The zero-order chi connectivity index (χ0) is 49.4. The molecule has 1 fully saturated rings. The van der Waals surface area contributed by atoms with Gasteiger partial charge < -0.3 is 36.4 Å². The lowest BCUT2D eigenvalue weighted by Gasteiger charge is -2.35. The van der Waals surface area contributed by atoms with Gasteiger partial charge in [-0.05, 0) is 91.2 Å². The van der Waals surface area contributed by atoms with Crippen LogP contribution in [0.3, 0.4) is 0 Å². The molecule has 7 rings (SSSR count). The second-order valence-corrected chi connectivity index (χ2v) is 20.7. The fourth-order valence-corrected chi connectivity index (χ4v) is 10.5. The van der Waals surface area contributed by atoms with Gasteiger partial charge in [0.1, 0.15) is 18.1 Å². The van der Waals surface area contributed by atoms with Crippen LogP contribution in [0.1, 0.15) is 113 Å². The summed E-state index contributed by atoms with van der Waals surface area (Å²) >= 11 is 1.57. The number of rotatable bonds is 20. The lowest BCUT2D eigenvalue weighted by Crippen LogP contribution is -2.57. The van der Waals surface area contributed by atoms with Gasteiger partial charge in [-0.3, -0.25) is 33.7 Å². The summed E-state index contributed by atoms with van der Waals surface area (Å²) in [6, 6.07) is 18.8. The van der Waals surface area contributed by atoms with Crippen molar-refractivity contribution < 1.29 is 38.6 Å². The van der Waals surface area contributed by atoms with Gasteiger partial charge in [-0.15, -0.1) is 11.3 Å². The molecular weight excluding hydrogens is 895 g/mol. The number of likely N-dealkylation sites (tertiary alicyclic amines) is 1. The molecule has 0 spiro atoms. The summed E-state index contributed by atoms with van der Waals surface area (Å²) < 4.78 is 6.31. The highest BCUT2D eigenvalue weighted by Crippen LogP contribution is 2.39. The number of primary amides is 1. The summed E-state index contributed by atoms with van der Waals surface area (Å²) in [4.78, 5) is 88.5. The Balaban J connectivity index is 0.875. The van der Waals surface area contributed by atoms with E-state index in [1.807, 2.05) is 107 Å². The first-order chi connectivity index (χ1) is 33.0. The zero-order valence-corrected chi connectivity index (χ0v) is 41.2. The van der Waals surface area contributed by atoms with Crippen LogP contribution in [-0.4, -0.2) is 93.4 Å². The smallest absolute Gasteiger partial charge is 0.246 e. The number of aromatic nitrogens is 1. The molecule has 368 valence electrons. The van der Waals surface area contributed by atoms with Gasteiger partial charge in [-0.25, -0.2) is 4.98 Å². The van der Waals surface area contributed by atoms with Crippen molar-refractivity contribution in [3.05, 3.63) is 106 Å². The van der Waals surface area contributed by atoms with Crippen LogP contribution in [0.2, 0.25) is 0 Å². The summed E-state index contributed by atoms with van der Waals surface area (Å²) in [6.07, 6.45) is 3.61. The third-order valence-electron chi connectivity index (χ3n) is 13.5. The molecule has 69 heavy (non-hydrogen) atoms. The van der Waals surface area contributed by atoms with Gasteiger partial charge in [0, 0.05) is 45.2 Å². The maximum absolute atomic E-state index is 14.1. The molecule has 3 aromatic carbocycles. The fourth-order valence-electron chi connectivity index (χ4n) is 9.68. The van der Waals surface area contributed by atoms with Crippen LogP contribution >= 0.6 is 11.3 Å². The number of nitrogens with two attached hydrogens (primary N) is 1. The first kappa shape index (κ1) is 50.9. The number of carbonyl (C=O) groups excluding carboxylic acids is 6. The van der Waals surface area contributed by atoms with E-state index in [4.69, 9.17) is 10.5 Å². The Hall–Kier alpha value is -5.97. The molecule has 16 heteroatoms. The van der Waals surface area contributed by atoms with E-state index in [0.29, 0.717) is 32.1 Å². The first-order valence-electron chi connectivity index (χ1n) is 24.2. The number of anilines is 1. The highest BCUT2D eigenvalue weighted by Gasteiger charge is 2.45. The maximum Gasteiger partial charge on any atom is 0.246 e. The number of aryl methyl sites for hydroxylation is 3. The van der Waals surface area contributed by atoms with E-state index in [1.165, 1.54) is 4.90 Å². The van der Waals surface area contributed by atoms with E-state index >= 15 is 0 Å². The van der Waals surface area contributed by atoms with E-state index in [-0.39, 0.29) is 69.0 Å². The number of nitrogens with one attached hydrogen (secondary N) is 3. The second-order valence-electron chi connectivity index (χ2n) is 19.9. The molecule has 1 saturated heterocycles. The normalized spacial score (nSPS) is 19.0. The summed E-state index contributed by atoms with van der Waals surface area (Å²) in [7, 11) is 0. The number of hydrogen-bond acceptors (Lipinski definition) is 10. The van der Waals surface area contributed by atoms with Crippen molar-refractivity contribution in [3.63, 3.8) is 0 Å². The average molecular weight is 962 g/mol. The van der Waals surface area contributed by atoms with Crippen molar-refractivity contribution in [2.45, 2.75) is 155 Å².